The molecule has 0 bridgehead atoms. The summed E-state index contributed by atoms with van der Waals surface area (Å²) in [5.74, 6) is 0.805. The molecule has 0 aromatic heterocycles. The van der Waals surface area contributed by atoms with E-state index in [4.69, 9.17) is 9.63 Å². The highest BCUT2D eigenvalue weighted by Crippen LogP contribution is 2.28. The minimum atomic E-state index is -2.81. The van der Waals surface area contributed by atoms with Crippen LogP contribution < -0.4 is 10.0 Å². The Morgan fingerprint density at radius 2 is 1.79 bits per heavy atom. The Hall–Kier alpha value is -2.30. The van der Waals surface area contributed by atoms with Gasteiger partial charge in [0.05, 0.1) is 4.92 Å². The molecule has 1 unspecified atom stereocenters. The van der Waals surface area contributed by atoms with E-state index in [0.29, 0.717) is 5.75 Å². The fourth-order valence-corrected chi connectivity index (χ4v) is 2.09. The summed E-state index contributed by atoms with van der Waals surface area (Å²) in [5.41, 5.74) is -0.399. The molecule has 1 atom stereocenters. The molecular weight excluding hydrogens is 269 g/mol. The molecule has 96 valence electrons. The number of benzene rings is 2. The molecule has 0 radical (unpaired) electrons. The lowest BCUT2D eigenvalue weighted by Crippen LogP contribution is -2.05. The maximum Gasteiger partial charge on any atom is 0.553 e. The smallest absolute Gasteiger partial charge is 0.457 e. The number of rotatable bonds is 4. The Kier molecular flexibility index (Phi) is 3.85. The first kappa shape index (κ1) is 13.1. The zero-order chi connectivity index (χ0) is 13.8. The average molecular weight is 278 g/mol. The van der Waals surface area contributed by atoms with Crippen molar-refractivity contribution in [1.82, 2.24) is 0 Å². The van der Waals surface area contributed by atoms with Gasteiger partial charge in [-0.05, 0) is 22.8 Å². The summed E-state index contributed by atoms with van der Waals surface area (Å²) in [6.07, 6.45) is 0. The largest absolute Gasteiger partial charge is 0.553 e. The van der Waals surface area contributed by atoms with E-state index in [1.807, 2.05) is 6.07 Å². The number of para-hydroxylation sites is 1. The van der Waals surface area contributed by atoms with E-state index < -0.39 is 18.6 Å². The zero-order valence-corrected chi connectivity index (χ0v) is 10.5. The van der Waals surface area contributed by atoms with Crippen LogP contribution in [0, 0.1) is 10.1 Å². The van der Waals surface area contributed by atoms with Crippen molar-refractivity contribution < 1.29 is 19.1 Å². The molecule has 0 amide bonds. The van der Waals surface area contributed by atoms with Gasteiger partial charge in [0.2, 0.25) is 0 Å². The van der Waals surface area contributed by atoms with E-state index in [2.05, 4.69) is 0 Å². The molecule has 0 aliphatic carbocycles. The van der Waals surface area contributed by atoms with Crippen LogP contribution in [-0.4, -0.2) is 9.82 Å². The van der Waals surface area contributed by atoms with Crippen LogP contribution in [0.3, 0.4) is 0 Å². The lowest BCUT2D eigenvalue weighted by Gasteiger charge is -2.04. The molecule has 0 saturated carbocycles. The van der Waals surface area contributed by atoms with E-state index >= 15 is 0 Å². The van der Waals surface area contributed by atoms with Crippen LogP contribution in [-0.2, 0) is 4.57 Å². The van der Waals surface area contributed by atoms with Gasteiger partial charge in [0.1, 0.15) is 11.5 Å². The van der Waals surface area contributed by atoms with Gasteiger partial charge in [-0.2, -0.15) is 4.89 Å². The standard InChI is InChI=1S/C12H8NO5P/c14-13(15)11-7-6-10(8-12(11)19(16)17)18-9-4-2-1-3-5-9/h1-8H/p+1. The third kappa shape index (κ3) is 3.13. The summed E-state index contributed by atoms with van der Waals surface area (Å²) in [6, 6.07) is 12.5. The minimum absolute atomic E-state index is 0.256. The molecule has 2 rings (SSSR count). The highest BCUT2D eigenvalue weighted by Gasteiger charge is 2.30. The van der Waals surface area contributed by atoms with Gasteiger partial charge < -0.3 is 4.74 Å². The van der Waals surface area contributed by atoms with Crippen molar-refractivity contribution in [3.63, 3.8) is 0 Å². The molecule has 2 aromatic carbocycles. The Morgan fingerprint density at radius 1 is 1.11 bits per heavy atom. The van der Waals surface area contributed by atoms with Crippen LogP contribution in [0.5, 0.6) is 11.5 Å². The van der Waals surface area contributed by atoms with Gasteiger partial charge in [0.25, 0.3) is 0 Å². The van der Waals surface area contributed by atoms with Gasteiger partial charge in [-0.3, -0.25) is 10.1 Å². The molecule has 6 nitrogen and oxygen atoms in total. The van der Waals surface area contributed by atoms with Crippen molar-refractivity contribution in [3.05, 3.63) is 58.6 Å². The predicted octanol–water partition coefficient (Wildman–Crippen LogP) is 2.75. The number of ether oxygens (including phenoxy) is 1. The predicted molar refractivity (Wildman–Crippen MR) is 69.1 cm³/mol. The molecule has 19 heavy (non-hydrogen) atoms. The molecule has 0 aliphatic rings. The van der Waals surface area contributed by atoms with Crippen LogP contribution in [0.2, 0.25) is 0 Å². The second-order valence-corrected chi connectivity index (χ2v) is 4.62. The second kappa shape index (κ2) is 5.56. The molecular formula is C12H9NO5P+. The average Bonchev–Trinajstić information content (AvgIpc) is 2.39. The maximum atomic E-state index is 11.1. The first-order chi connectivity index (χ1) is 9.08. The molecule has 0 aliphatic heterocycles. The van der Waals surface area contributed by atoms with Crippen LogP contribution >= 0.6 is 8.03 Å². The van der Waals surface area contributed by atoms with Gasteiger partial charge in [-0.15, -0.1) is 0 Å². The van der Waals surface area contributed by atoms with Crippen molar-refractivity contribution in [3.8, 4) is 11.5 Å². The lowest BCUT2D eigenvalue weighted by atomic mass is 10.3. The number of nitro benzene ring substituents is 1. The SMILES string of the molecule is O=[N+]([O-])c1ccc(Oc2ccccc2)cc1[P+](=O)O. The van der Waals surface area contributed by atoms with E-state index in [1.54, 1.807) is 24.3 Å². The summed E-state index contributed by atoms with van der Waals surface area (Å²) in [5, 5.41) is 10.5. The molecule has 0 spiro atoms. The Labute approximate surface area is 109 Å². The van der Waals surface area contributed by atoms with Gasteiger partial charge >= 0.3 is 19.0 Å². The molecule has 0 saturated heterocycles. The van der Waals surface area contributed by atoms with Crippen LogP contribution in [0.15, 0.2) is 48.5 Å². The number of hydrogen-bond donors (Lipinski definition) is 1. The third-order valence-corrected chi connectivity index (χ3v) is 3.10. The number of nitro groups is 1. The maximum absolute atomic E-state index is 11.1. The van der Waals surface area contributed by atoms with Crippen molar-refractivity contribution in [2.75, 3.05) is 0 Å². The fraction of sp³-hybridized carbons (Fsp3) is 0. The lowest BCUT2D eigenvalue weighted by molar-refractivity contribution is -0.383. The zero-order valence-electron chi connectivity index (χ0n) is 9.59. The number of nitrogens with zero attached hydrogens (tertiary/aromatic N) is 1. The van der Waals surface area contributed by atoms with Crippen molar-refractivity contribution in [1.29, 1.82) is 0 Å². The highest BCUT2D eigenvalue weighted by molar-refractivity contribution is 7.47. The third-order valence-electron chi connectivity index (χ3n) is 2.33. The molecule has 1 N–H and O–H groups in total. The fourth-order valence-electron chi connectivity index (χ4n) is 1.50. The molecule has 0 fully saturated rings. The van der Waals surface area contributed by atoms with Crippen LogP contribution in [0.25, 0.3) is 0 Å². The van der Waals surface area contributed by atoms with E-state index in [1.165, 1.54) is 12.1 Å². The van der Waals surface area contributed by atoms with Crippen molar-refractivity contribution >= 4 is 19.0 Å². The van der Waals surface area contributed by atoms with Gasteiger partial charge in [-0.1, -0.05) is 18.2 Å². The Balaban J connectivity index is 2.36. The molecule has 0 heterocycles. The van der Waals surface area contributed by atoms with E-state index in [-0.39, 0.29) is 11.1 Å². The summed E-state index contributed by atoms with van der Waals surface area (Å²) >= 11 is 0. The molecule has 2 aromatic rings. The summed E-state index contributed by atoms with van der Waals surface area (Å²) in [6.45, 7) is 0. The Morgan fingerprint density at radius 3 is 2.37 bits per heavy atom. The first-order valence-corrected chi connectivity index (χ1v) is 6.46. The van der Waals surface area contributed by atoms with Crippen LogP contribution in [0.1, 0.15) is 0 Å². The minimum Gasteiger partial charge on any atom is -0.457 e. The summed E-state index contributed by atoms with van der Waals surface area (Å²) in [4.78, 5) is 19.1. The van der Waals surface area contributed by atoms with Gasteiger partial charge in [0.15, 0.2) is 0 Å². The summed E-state index contributed by atoms with van der Waals surface area (Å²) < 4.78 is 16.6. The first-order valence-electron chi connectivity index (χ1n) is 5.25. The second-order valence-electron chi connectivity index (χ2n) is 3.60. The number of hydrogen-bond acceptors (Lipinski definition) is 4. The van der Waals surface area contributed by atoms with Gasteiger partial charge in [0, 0.05) is 12.1 Å². The highest BCUT2D eigenvalue weighted by atomic mass is 31.1. The monoisotopic (exact) mass is 278 g/mol. The quantitative estimate of drug-likeness (QED) is 0.527. The van der Waals surface area contributed by atoms with E-state index in [0.717, 1.165) is 6.07 Å². The summed E-state index contributed by atoms with van der Waals surface area (Å²) in [7, 11) is -2.81. The van der Waals surface area contributed by atoms with Crippen molar-refractivity contribution in [2.24, 2.45) is 0 Å². The topological polar surface area (TPSA) is 89.7 Å². The Bertz CT molecular complexity index is 629. The van der Waals surface area contributed by atoms with Crippen LogP contribution in [0.4, 0.5) is 5.69 Å². The normalized spacial score (nSPS) is 10.9. The molecule has 7 heteroatoms. The van der Waals surface area contributed by atoms with Crippen molar-refractivity contribution in [2.45, 2.75) is 0 Å². The van der Waals surface area contributed by atoms with Gasteiger partial charge in [-0.25, -0.2) is 0 Å². The van der Waals surface area contributed by atoms with E-state index in [9.17, 15) is 14.7 Å².